The van der Waals surface area contributed by atoms with Crippen molar-refractivity contribution in [1.82, 2.24) is 9.78 Å². The van der Waals surface area contributed by atoms with Gasteiger partial charge in [0, 0.05) is 11.8 Å². The van der Waals surface area contributed by atoms with E-state index < -0.39 is 36.0 Å². The number of benzene rings is 1. The number of nitrogens with two attached hydrogens (primary N) is 2. The molecule has 0 amide bonds. The monoisotopic (exact) mass is 416 g/mol. The summed E-state index contributed by atoms with van der Waals surface area (Å²) >= 11 is 0. The van der Waals surface area contributed by atoms with Gasteiger partial charge in [0.25, 0.3) is 5.92 Å². The lowest BCUT2D eigenvalue weighted by Crippen LogP contribution is -2.45. The highest BCUT2D eigenvalue weighted by Gasteiger charge is 2.54. The maximum Gasteiger partial charge on any atom is 0.333 e. The molecule has 1 aliphatic heterocycles. The van der Waals surface area contributed by atoms with Gasteiger partial charge in [-0.25, -0.2) is 22.8 Å². The molecule has 2 heterocycles. The molecular formula is C17H17F5N6O. The van der Waals surface area contributed by atoms with Gasteiger partial charge in [-0.05, 0) is 31.2 Å². The van der Waals surface area contributed by atoms with Crippen LogP contribution in [0.1, 0.15) is 24.7 Å². The maximum absolute atomic E-state index is 14.7. The van der Waals surface area contributed by atoms with Crippen LogP contribution in [-0.4, -0.2) is 40.6 Å². The minimum absolute atomic E-state index is 0.00135. The Morgan fingerprint density at radius 3 is 2.69 bits per heavy atom. The van der Waals surface area contributed by atoms with Crippen LogP contribution in [0.2, 0.25) is 0 Å². The number of rotatable bonds is 4. The van der Waals surface area contributed by atoms with Crippen molar-refractivity contribution < 1.29 is 26.7 Å². The molecule has 3 rings (SSSR count). The fourth-order valence-electron chi connectivity index (χ4n) is 2.82. The summed E-state index contributed by atoms with van der Waals surface area (Å²) in [5.74, 6) is -5.00. The van der Waals surface area contributed by atoms with E-state index >= 15 is 0 Å². The first-order chi connectivity index (χ1) is 13.5. The summed E-state index contributed by atoms with van der Waals surface area (Å²) in [5, 5.41) is 3.56. The molecule has 12 heteroatoms. The number of aromatic nitrogens is 2. The molecule has 0 fully saturated rings. The summed E-state index contributed by atoms with van der Waals surface area (Å²) in [6.45, 7) is -3.15. The number of hydrogen-bond donors (Lipinski definition) is 2. The zero-order valence-electron chi connectivity index (χ0n) is 15.1. The summed E-state index contributed by atoms with van der Waals surface area (Å²) in [6, 6.07) is 4.37. The van der Waals surface area contributed by atoms with Gasteiger partial charge in [-0.3, -0.25) is 4.99 Å². The summed E-state index contributed by atoms with van der Waals surface area (Å²) < 4.78 is 74.3. The second-order valence-corrected chi connectivity index (χ2v) is 6.49. The van der Waals surface area contributed by atoms with Crippen LogP contribution in [-0.2, 0) is 10.3 Å². The Hall–Kier alpha value is -3.02. The van der Waals surface area contributed by atoms with E-state index in [1.165, 1.54) is 12.1 Å². The number of hydrogen-bond acceptors (Lipinski definition) is 5. The molecule has 0 spiro atoms. The standard InChI is InChI=1S/C17H17F5N6O/c1-16(17(21,22)8-29-7-13(23)26-16)10-6-9(2-3-11(10)18)25-14(24)12-4-5-28(27-12)15(19)20/h2-6,15H,7-8H2,1H3,(H2,23,26)(H2,24,25)/t16-/m1/s1. The highest BCUT2D eigenvalue weighted by molar-refractivity contribution is 5.97. The van der Waals surface area contributed by atoms with Gasteiger partial charge in [0.15, 0.2) is 11.4 Å². The molecule has 1 atom stereocenters. The summed E-state index contributed by atoms with van der Waals surface area (Å²) in [7, 11) is 0. The lowest BCUT2D eigenvalue weighted by atomic mass is 9.85. The second kappa shape index (κ2) is 7.43. The van der Waals surface area contributed by atoms with Crippen molar-refractivity contribution in [3.63, 3.8) is 0 Å². The second-order valence-electron chi connectivity index (χ2n) is 6.49. The highest BCUT2D eigenvalue weighted by Crippen LogP contribution is 2.44. The molecule has 1 aromatic carbocycles. The third kappa shape index (κ3) is 3.92. The highest BCUT2D eigenvalue weighted by atomic mass is 19.3. The number of halogens is 5. The van der Waals surface area contributed by atoms with E-state index in [9.17, 15) is 22.0 Å². The van der Waals surface area contributed by atoms with Crippen molar-refractivity contribution in [3.8, 4) is 0 Å². The predicted molar refractivity (Wildman–Crippen MR) is 95.0 cm³/mol. The van der Waals surface area contributed by atoms with Gasteiger partial charge in [-0.2, -0.15) is 13.9 Å². The van der Waals surface area contributed by atoms with Crippen LogP contribution < -0.4 is 11.5 Å². The number of nitrogens with zero attached hydrogens (tertiary/aromatic N) is 4. The Kier molecular flexibility index (Phi) is 5.30. The van der Waals surface area contributed by atoms with Crippen LogP contribution in [0, 0.1) is 5.82 Å². The smallest absolute Gasteiger partial charge is 0.333 e. The summed E-state index contributed by atoms with van der Waals surface area (Å²) in [4.78, 5) is 7.76. The lowest BCUT2D eigenvalue weighted by Gasteiger charge is -2.33. The first kappa shape index (κ1) is 20.7. The largest absolute Gasteiger partial charge is 0.385 e. The fraction of sp³-hybridized carbons (Fsp3) is 0.353. The average molecular weight is 416 g/mol. The van der Waals surface area contributed by atoms with Crippen molar-refractivity contribution in [3.05, 3.63) is 47.5 Å². The van der Waals surface area contributed by atoms with Crippen molar-refractivity contribution >= 4 is 17.4 Å². The molecule has 0 saturated heterocycles. The van der Waals surface area contributed by atoms with E-state index in [2.05, 4.69) is 15.1 Å². The quantitative estimate of drug-likeness (QED) is 0.454. The van der Waals surface area contributed by atoms with Gasteiger partial charge in [-0.1, -0.05) is 0 Å². The first-order valence-corrected chi connectivity index (χ1v) is 8.31. The van der Waals surface area contributed by atoms with E-state index in [4.69, 9.17) is 16.2 Å². The number of amidine groups is 2. The molecule has 7 nitrogen and oxygen atoms in total. The molecular weight excluding hydrogens is 399 g/mol. The SMILES string of the molecule is C[C@]1(c2cc(N=C(N)c3ccn(C(F)F)n3)ccc2F)N=C(N)COCC1(F)F. The fourth-order valence-corrected chi connectivity index (χ4v) is 2.82. The van der Waals surface area contributed by atoms with E-state index in [0.29, 0.717) is 4.68 Å². The topological polar surface area (TPSA) is 104 Å². The Morgan fingerprint density at radius 2 is 2.03 bits per heavy atom. The van der Waals surface area contributed by atoms with Crippen LogP contribution in [0.5, 0.6) is 0 Å². The van der Waals surface area contributed by atoms with Gasteiger partial charge in [0.05, 0.1) is 5.69 Å². The minimum atomic E-state index is -3.57. The van der Waals surface area contributed by atoms with Crippen molar-refractivity contribution in [2.24, 2.45) is 21.5 Å². The Labute approximate surface area is 161 Å². The zero-order valence-corrected chi connectivity index (χ0v) is 15.1. The van der Waals surface area contributed by atoms with Crippen LogP contribution in [0.4, 0.5) is 27.6 Å². The van der Waals surface area contributed by atoms with E-state index in [0.717, 1.165) is 25.3 Å². The zero-order chi connectivity index (χ0) is 21.4. The Bertz CT molecular complexity index is 973. The van der Waals surface area contributed by atoms with E-state index in [1.807, 2.05) is 0 Å². The van der Waals surface area contributed by atoms with Gasteiger partial charge in [-0.15, -0.1) is 0 Å². The summed E-state index contributed by atoms with van der Waals surface area (Å²) in [6.07, 6.45) is 1.00. The van der Waals surface area contributed by atoms with Gasteiger partial charge in [0.1, 0.15) is 30.6 Å². The normalized spacial score (nSPS) is 22.4. The van der Waals surface area contributed by atoms with Crippen LogP contribution in [0.3, 0.4) is 0 Å². The van der Waals surface area contributed by atoms with Crippen molar-refractivity contribution in [1.29, 1.82) is 0 Å². The molecule has 0 radical (unpaired) electrons. The number of alkyl halides is 4. The molecule has 0 unspecified atom stereocenters. The molecule has 4 N–H and O–H groups in total. The molecule has 2 aromatic rings. The maximum atomic E-state index is 14.7. The van der Waals surface area contributed by atoms with Crippen LogP contribution >= 0.6 is 0 Å². The minimum Gasteiger partial charge on any atom is -0.385 e. The third-order valence-corrected chi connectivity index (χ3v) is 4.41. The van der Waals surface area contributed by atoms with Gasteiger partial charge >= 0.3 is 6.55 Å². The van der Waals surface area contributed by atoms with E-state index in [-0.39, 0.29) is 29.7 Å². The predicted octanol–water partition coefficient (Wildman–Crippen LogP) is 2.69. The molecule has 1 aliphatic rings. The van der Waals surface area contributed by atoms with Crippen molar-refractivity contribution in [2.75, 3.05) is 13.2 Å². The molecule has 29 heavy (non-hydrogen) atoms. The average Bonchev–Trinajstić information content (AvgIpc) is 3.09. The van der Waals surface area contributed by atoms with Crippen LogP contribution in [0.25, 0.3) is 0 Å². The molecule has 0 bridgehead atoms. The van der Waals surface area contributed by atoms with Crippen LogP contribution in [0.15, 0.2) is 40.4 Å². The third-order valence-electron chi connectivity index (χ3n) is 4.41. The number of ether oxygens (including phenoxy) is 1. The Morgan fingerprint density at radius 1 is 1.31 bits per heavy atom. The lowest BCUT2D eigenvalue weighted by molar-refractivity contribution is -0.116. The van der Waals surface area contributed by atoms with Gasteiger partial charge < -0.3 is 16.2 Å². The van der Waals surface area contributed by atoms with Crippen molar-refractivity contribution in [2.45, 2.75) is 24.9 Å². The molecule has 0 saturated carbocycles. The first-order valence-electron chi connectivity index (χ1n) is 8.31. The molecule has 156 valence electrons. The van der Waals surface area contributed by atoms with E-state index in [1.54, 1.807) is 0 Å². The molecule has 1 aromatic heterocycles. The summed E-state index contributed by atoms with van der Waals surface area (Å²) in [5.41, 5.74) is 8.47. The molecule has 0 aliphatic carbocycles. The van der Waals surface area contributed by atoms with Gasteiger partial charge in [0.2, 0.25) is 0 Å². The number of aliphatic imine (C=N–C) groups is 2. The Balaban J connectivity index is 2.04.